The van der Waals surface area contributed by atoms with E-state index in [4.69, 9.17) is 0 Å². The molecule has 1 nitrogen and oxygen atoms in total. The van der Waals surface area contributed by atoms with Gasteiger partial charge in [-0.1, -0.05) is 20.3 Å². The van der Waals surface area contributed by atoms with E-state index in [0.717, 1.165) is 18.1 Å². The van der Waals surface area contributed by atoms with Gasteiger partial charge in [0.25, 0.3) is 0 Å². The lowest BCUT2D eigenvalue weighted by molar-refractivity contribution is -0.122. The van der Waals surface area contributed by atoms with Gasteiger partial charge in [-0.2, -0.15) is 11.8 Å². The van der Waals surface area contributed by atoms with Crippen molar-refractivity contribution in [1.82, 2.24) is 0 Å². The molecule has 1 fully saturated rings. The Morgan fingerprint density at radius 3 is 2.79 bits per heavy atom. The molecule has 82 valence electrons. The molecule has 0 bridgehead atoms. The summed E-state index contributed by atoms with van der Waals surface area (Å²) in [6, 6.07) is 0. The van der Waals surface area contributed by atoms with Crippen molar-refractivity contribution >= 4 is 17.5 Å². The van der Waals surface area contributed by atoms with Crippen LogP contribution < -0.4 is 0 Å². The molecule has 1 aliphatic heterocycles. The highest BCUT2D eigenvalue weighted by atomic mass is 32.2. The summed E-state index contributed by atoms with van der Waals surface area (Å²) in [6.45, 7) is 3.99. The number of ketones is 1. The molecule has 0 spiro atoms. The van der Waals surface area contributed by atoms with Gasteiger partial charge < -0.3 is 0 Å². The van der Waals surface area contributed by atoms with Crippen molar-refractivity contribution in [3.05, 3.63) is 0 Å². The maximum absolute atomic E-state index is 11.3. The van der Waals surface area contributed by atoms with Crippen LogP contribution >= 0.6 is 11.8 Å². The zero-order valence-corrected chi connectivity index (χ0v) is 10.2. The fourth-order valence-corrected chi connectivity index (χ4v) is 3.17. The first-order valence-corrected chi connectivity index (χ1v) is 6.89. The van der Waals surface area contributed by atoms with Crippen molar-refractivity contribution in [2.45, 2.75) is 57.6 Å². The second kappa shape index (κ2) is 6.49. The summed E-state index contributed by atoms with van der Waals surface area (Å²) in [5, 5.41) is 0.907. The van der Waals surface area contributed by atoms with Crippen LogP contribution in [0.2, 0.25) is 0 Å². The van der Waals surface area contributed by atoms with Crippen LogP contribution in [0, 0.1) is 5.92 Å². The van der Waals surface area contributed by atoms with E-state index in [0.29, 0.717) is 5.78 Å². The van der Waals surface area contributed by atoms with Crippen LogP contribution in [0.15, 0.2) is 0 Å². The van der Waals surface area contributed by atoms with Gasteiger partial charge in [-0.3, -0.25) is 4.79 Å². The number of unbranched alkanes of at least 4 members (excludes halogenated alkanes) is 1. The molecule has 0 saturated carbocycles. The Hall–Kier alpha value is 0.0200. The molecule has 2 heteroatoms. The summed E-state index contributed by atoms with van der Waals surface area (Å²) < 4.78 is 0. The minimum atomic E-state index is 0.232. The van der Waals surface area contributed by atoms with Crippen molar-refractivity contribution in [3.8, 4) is 0 Å². The van der Waals surface area contributed by atoms with Crippen LogP contribution in [0.4, 0.5) is 0 Å². The molecular formula is C12H22OS. The van der Waals surface area contributed by atoms with Gasteiger partial charge in [0.05, 0.1) is 0 Å². The Morgan fingerprint density at radius 2 is 2.21 bits per heavy atom. The molecule has 1 atom stereocenters. The number of Topliss-reactive ketones (excluding diaryl/α,β-unsaturated/α-hetero) is 1. The molecule has 1 aliphatic rings. The smallest absolute Gasteiger partial charge is 0.135 e. The topological polar surface area (TPSA) is 17.1 Å². The van der Waals surface area contributed by atoms with Crippen LogP contribution in [0.5, 0.6) is 0 Å². The summed E-state index contributed by atoms with van der Waals surface area (Å²) >= 11 is 2.12. The lowest BCUT2D eigenvalue weighted by atomic mass is 10.0. The average Bonchev–Trinajstić information content (AvgIpc) is 2.64. The van der Waals surface area contributed by atoms with Crippen LogP contribution in [-0.2, 0) is 4.79 Å². The van der Waals surface area contributed by atoms with Crippen LogP contribution in [-0.4, -0.2) is 16.8 Å². The number of thioether (sulfide) groups is 1. The summed E-state index contributed by atoms with van der Waals surface area (Å²) in [6.07, 6.45) is 7.29. The normalized spacial score (nSPS) is 21.8. The summed E-state index contributed by atoms with van der Waals surface area (Å²) in [5.74, 6) is 2.02. The third-order valence-electron chi connectivity index (χ3n) is 2.87. The molecule has 0 radical (unpaired) electrons. The number of hydrogen-bond acceptors (Lipinski definition) is 2. The number of carbonyl (C=O) groups is 1. The number of hydrogen-bond donors (Lipinski definition) is 0. The summed E-state index contributed by atoms with van der Waals surface area (Å²) in [4.78, 5) is 11.3. The Balaban J connectivity index is 1.96. The Kier molecular flexibility index (Phi) is 5.61. The first kappa shape index (κ1) is 12.1. The first-order valence-electron chi connectivity index (χ1n) is 5.84. The second-order valence-corrected chi connectivity index (χ2v) is 5.91. The van der Waals surface area contributed by atoms with E-state index < -0.39 is 0 Å². The van der Waals surface area contributed by atoms with Gasteiger partial charge in [0.15, 0.2) is 0 Å². The largest absolute Gasteiger partial charge is 0.299 e. The van der Waals surface area contributed by atoms with Gasteiger partial charge in [-0.25, -0.2) is 0 Å². The van der Waals surface area contributed by atoms with Crippen molar-refractivity contribution in [3.63, 3.8) is 0 Å². The maximum atomic E-state index is 11.3. The number of carbonyl (C=O) groups excluding carboxylic acids is 1. The third-order valence-corrected chi connectivity index (χ3v) is 4.33. The summed E-state index contributed by atoms with van der Waals surface area (Å²) in [5.41, 5.74) is 0. The van der Waals surface area contributed by atoms with Gasteiger partial charge >= 0.3 is 0 Å². The lowest BCUT2D eigenvalue weighted by Gasteiger charge is -2.08. The molecule has 0 amide bonds. The molecule has 0 aromatic rings. The van der Waals surface area contributed by atoms with Crippen molar-refractivity contribution in [2.24, 2.45) is 5.92 Å². The molecule has 1 heterocycles. The van der Waals surface area contributed by atoms with Gasteiger partial charge in [0.1, 0.15) is 5.78 Å². The van der Waals surface area contributed by atoms with E-state index in [1.165, 1.54) is 31.4 Å². The molecule has 14 heavy (non-hydrogen) atoms. The maximum Gasteiger partial charge on any atom is 0.135 e. The minimum absolute atomic E-state index is 0.232. The highest BCUT2D eigenvalue weighted by Crippen LogP contribution is 2.30. The minimum Gasteiger partial charge on any atom is -0.299 e. The highest BCUT2D eigenvalue weighted by molar-refractivity contribution is 8.00. The molecule has 0 N–H and O–H groups in total. The highest BCUT2D eigenvalue weighted by Gasteiger charge is 2.15. The average molecular weight is 214 g/mol. The van der Waals surface area contributed by atoms with Gasteiger partial charge in [0.2, 0.25) is 0 Å². The second-order valence-electron chi connectivity index (χ2n) is 4.50. The van der Waals surface area contributed by atoms with Crippen molar-refractivity contribution < 1.29 is 4.79 Å². The van der Waals surface area contributed by atoms with E-state index >= 15 is 0 Å². The summed E-state index contributed by atoms with van der Waals surface area (Å²) in [7, 11) is 0. The lowest BCUT2D eigenvalue weighted by Crippen LogP contribution is -2.06. The monoisotopic (exact) mass is 214 g/mol. The molecule has 1 rings (SSSR count). The Bertz CT molecular complexity index is 171. The van der Waals surface area contributed by atoms with Gasteiger partial charge in [0, 0.05) is 17.6 Å². The molecule has 0 aliphatic carbocycles. The Morgan fingerprint density at radius 1 is 1.43 bits per heavy atom. The molecule has 1 unspecified atom stereocenters. The molecular weight excluding hydrogens is 192 g/mol. The Labute approximate surface area is 92.0 Å². The van der Waals surface area contributed by atoms with E-state index in [1.54, 1.807) is 0 Å². The third kappa shape index (κ3) is 4.50. The fraction of sp³-hybridized carbons (Fsp3) is 0.917. The van der Waals surface area contributed by atoms with E-state index in [1.807, 2.05) is 13.8 Å². The molecule has 0 aromatic carbocycles. The predicted octanol–water partition coefficient (Wildman–Crippen LogP) is 3.67. The van der Waals surface area contributed by atoms with Crippen molar-refractivity contribution in [2.75, 3.05) is 5.75 Å². The van der Waals surface area contributed by atoms with Crippen LogP contribution in [0.25, 0.3) is 0 Å². The molecule has 0 aromatic heterocycles. The zero-order valence-electron chi connectivity index (χ0n) is 9.42. The SMILES string of the molecule is CC(C)C(=O)CCCCC1CCCS1. The van der Waals surface area contributed by atoms with Crippen LogP contribution in [0.1, 0.15) is 52.4 Å². The van der Waals surface area contributed by atoms with Gasteiger partial charge in [-0.15, -0.1) is 0 Å². The van der Waals surface area contributed by atoms with Crippen LogP contribution in [0.3, 0.4) is 0 Å². The van der Waals surface area contributed by atoms with E-state index in [9.17, 15) is 4.79 Å². The fourth-order valence-electron chi connectivity index (χ4n) is 1.83. The number of rotatable bonds is 6. The van der Waals surface area contributed by atoms with E-state index in [2.05, 4.69) is 11.8 Å². The van der Waals surface area contributed by atoms with E-state index in [-0.39, 0.29) is 5.92 Å². The standard InChI is InChI=1S/C12H22OS/c1-10(2)12(13)8-4-3-6-11-7-5-9-14-11/h10-11H,3-9H2,1-2H3. The molecule has 1 saturated heterocycles. The quantitative estimate of drug-likeness (QED) is 0.628. The van der Waals surface area contributed by atoms with Crippen molar-refractivity contribution in [1.29, 1.82) is 0 Å². The zero-order chi connectivity index (χ0) is 10.4. The first-order chi connectivity index (χ1) is 6.70. The predicted molar refractivity (Wildman–Crippen MR) is 63.8 cm³/mol. The van der Waals surface area contributed by atoms with Gasteiger partial charge in [-0.05, 0) is 31.4 Å².